The highest BCUT2D eigenvalue weighted by molar-refractivity contribution is 5.98. The highest BCUT2D eigenvalue weighted by Crippen LogP contribution is 2.19. The minimum atomic E-state index is 0.0807. The lowest BCUT2D eigenvalue weighted by atomic mass is 10.0. The van der Waals surface area contributed by atoms with Gasteiger partial charge in [0.2, 0.25) is 0 Å². The topological polar surface area (TPSA) is 60.4 Å². The van der Waals surface area contributed by atoms with E-state index >= 15 is 0 Å². The van der Waals surface area contributed by atoms with E-state index in [4.69, 9.17) is 8.83 Å². The number of aryl methyl sites for hydroxylation is 4. The second-order valence-electron chi connectivity index (χ2n) is 5.71. The van der Waals surface area contributed by atoms with Crippen molar-refractivity contribution in [3.63, 3.8) is 0 Å². The molecule has 0 aliphatic carbocycles. The quantitative estimate of drug-likeness (QED) is 0.548. The molecule has 4 nitrogen and oxygen atoms in total. The minimum Gasteiger partial charge on any atom is -0.466 e. The lowest BCUT2D eigenvalue weighted by Crippen LogP contribution is -2.02. The van der Waals surface area contributed by atoms with Crippen LogP contribution in [-0.2, 0) is 0 Å². The predicted octanol–water partition coefficient (Wildman–Crippen LogP) is 4.73. The van der Waals surface area contributed by atoms with Crippen molar-refractivity contribution < 1.29 is 18.4 Å². The Bertz CT molecular complexity index is 628. The third-order valence-electron chi connectivity index (χ3n) is 3.74. The van der Waals surface area contributed by atoms with Crippen LogP contribution in [-0.4, -0.2) is 11.6 Å². The van der Waals surface area contributed by atoms with Crippen LogP contribution in [0.2, 0.25) is 0 Å². The van der Waals surface area contributed by atoms with Crippen LogP contribution in [0.3, 0.4) is 0 Å². The fourth-order valence-electron chi connectivity index (χ4n) is 2.66. The van der Waals surface area contributed by atoms with Gasteiger partial charge in [0.25, 0.3) is 0 Å². The Hall–Kier alpha value is -2.10. The van der Waals surface area contributed by atoms with Crippen LogP contribution in [0.25, 0.3) is 0 Å². The van der Waals surface area contributed by atoms with Crippen LogP contribution >= 0.6 is 0 Å². The summed E-state index contributed by atoms with van der Waals surface area (Å²) in [7, 11) is 0. The van der Waals surface area contributed by atoms with Gasteiger partial charge in [0.05, 0.1) is 11.1 Å². The maximum Gasteiger partial charge on any atom is 0.166 e. The number of hydrogen-bond acceptors (Lipinski definition) is 4. The molecule has 0 bridgehead atoms. The molecule has 0 fully saturated rings. The summed E-state index contributed by atoms with van der Waals surface area (Å²) in [5.74, 6) is 3.00. The average molecular weight is 302 g/mol. The lowest BCUT2D eigenvalue weighted by molar-refractivity contribution is 0.0953. The first-order valence-corrected chi connectivity index (χ1v) is 7.59. The maximum atomic E-state index is 12.1. The Morgan fingerprint density at radius 1 is 0.773 bits per heavy atom. The van der Waals surface area contributed by atoms with Gasteiger partial charge in [0, 0.05) is 12.8 Å². The summed E-state index contributed by atoms with van der Waals surface area (Å²) in [5, 5.41) is 0. The molecule has 0 unspecified atom stereocenters. The number of carbonyl (C=O) groups is 2. The summed E-state index contributed by atoms with van der Waals surface area (Å²) < 4.78 is 10.7. The minimum absolute atomic E-state index is 0.0807. The zero-order valence-electron chi connectivity index (χ0n) is 13.6. The highest BCUT2D eigenvalue weighted by Gasteiger charge is 2.15. The highest BCUT2D eigenvalue weighted by atomic mass is 16.3. The largest absolute Gasteiger partial charge is 0.466 e. The summed E-state index contributed by atoms with van der Waals surface area (Å²) in [4.78, 5) is 24.2. The number of rotatable bonds is 7. The molecule has 2 rings (SSSR count). The molecule has 0 saturated carbocycles. The molecule has 2 heterocycles. The van der Waals surface area contributed by atoms with E-state index in [9.17, 15) is 9.59 Å². The summed E-state index contributed by atoms with van der Waals surface area (Å²) in [6.07, 6.45) is 2.28. The number of unbranched alkanes of at least 4 members (excludes halogenated alkanes) is 1. The molecule has 0 amide bonds. The lowest BCUT2D eigenvalue weighted by Gasteiger charge is -2.01. The van der Waals surface area contributed by atoms with Crippen molar-refractivity contribution in [2.45, 2.75) is 53.4 Å². The van der Waals surface area contributed by atoms with Crippen LogP contribution in [0.1, 0.15) is 69.4 Å². The molecule has 0 radical (unpaired) electrons. The molecular formula is C18H22O4. The summed E-state index contributed by atoms with van der Waals surface area (Å²) in [6.45, 7) is 7.26. The van der Waals surface area contributed by atoms with Crippen molar-refractivity contribution in [1.29, 1.82) is 0 Å². The van der Waals surface area contributed by atoms with Gasteiger partial charge in [-0.2, -0.15) is 0 Å². The molecule has 4 heteroatoms. The van der Waals surface area contributed by atoms with Crippen LogP contribution < -0.4 is 0 Å². The third-order valence-corrected chi connectivity index (χ3v) is 3.74. The van der Waals surface area contributed by atoms with Crippen LogP contribution in [0.15, 0.2) is 21.0 Å². The zero-order valence-corrected chi connectivity index (χ0v) is 13.6. The Kier molecular flexibility index (Phi) is 5.01. The van der Waals surface area contributed by atoms with Crippen molar-refractivity contribution in [3.05, 3.63) is 46.3 Å². The Balaban J connectivity index is 1.80. The standard InChI is InChI=1S/C18H22O4/c1-11-9-15(13(3)21-11)17(19)7-5-6-8-18(20)16-10-12(2)22-14(16)4/h9-10H,5-8H2,1-4H3. The Morgan fingerprint density at radius 2 is 1.14 bits per heavy atom. The van der Waals surface area contributed by atoms with Crippen molar-refractivity contribution in [2.75, 3.05) is 0 Å². The SMILES string of the molecule is Cc1cc(C(=O)CCCCC(=O)c2cc(C)oc2C)c(C)o1. The second kappa shape index (κ2) is 6.77. The van der Waals surface area contributed by atoms with Gasteiger partial charge in [-0.05, 0) is 52.7 Å². The van der Waals surface area contributed by atoms with Gasteiger partial charge in [-0.3, -0.25) is 9.59 Å². The van der Waals surface area contributed by atoms with E-state index in [2.05, 4.69) is 0 Å². The van der Waals surface area contributed by atoms with Crippen LogP contribution in [0.4, 0.5) is 0 Å². The van der Waals surface area contributed by atoms with Gasteiger partial charge in [-0.1, -0.05) is 0 Å². The van der Waals surface area contributed by atoms with Crippen LogP contribution in [0, 0.1) is 27.7 Å². The third kappa shape index (κ3) is 3.75. The van der Waals surface area contributed by atoms with E-state index in [1.54, 1.807) is 26.0 Å². The molecule has 22 heavy (non-hydrogen) atoms. The van der Waals surface area contributed by atoms with Gasteiger partial charge in [-0.25, -0.2) is 0 Å². The first-order chi connectivity index (χ1) is 10.4. The van der Waals surface area contributed by atoms with Crippen LogP contribution in [0.5, 0.6) is 0 Å². The molecule has 0 aromatic carbocycles. The number of carbonyl (C=O) groups excluding carboxylic acids is 2. The molecular weight excluding hydrogens is 280 g/mol. The van der Waals surface area contributed by atoms with Crippen molar-refractivity contribution in [3.8, 4) is 0 Å². The monoisotopic (exact) mass is 302 g/mol. The van der Waals surface area contributed by atoms with Crippen molar-refractivity contribution >= 4 is 11.6 Å². The fraction of sp³-hybridized carbons (Fsp3) is 0.444. The number of Topliss-reactive ketones (excluding diaryl/α,β-unsaturated/α-hetero) is 2. The molecule has 0 aliphatic rings. The van der Waals surface area contributed by atoms with E-state index in [0.29, 0.717) is 48.3 Å². The van der Waals surface area contributed by atoms with Gasteiger partial charge >= 0.3 is 0 Å². The van der Waals surface area contributed by atoms with Gasteiger partial charge in [0.15, 0.2) is 11.6 Å². The zero-order chi connectivity index (χ0) is 16.3. The number of furan rings is 2. The Morgan fingerprint density at radius 3 is 1.41 bits per heavy atom. The molecule has 0 N–H and O–H groups in total. The van der Waals surface area contributed by atoms with Crippen molar-refractivity contribution in [2.24, 2.45) is 0 Å². The maximum absolute atomic E-state index is 12.1. The van der Waals surface area contributed by atoms with E-state index in [1.807, 2.05) is 13.8 Å². The number of hydrogen-bond donors (Lipinski definition) is 0. The van der Waals surface area contributed by atoms with E-state index in [0.717, 1.165) is 11.5 Å². The molecule has 118 valence electrons. The van der Waals surface area contributed by atoms with E-state index < -0.39 is 0 Å². The summed E-state index contributed by atoms with van der Waals surface area (Å²) in [5.41, 5.74) is 1.32. The average Bonchev–Trinajstić information content (AvgIpc) is 2.96. The van der Waals surface area contributed by atoms with Crippen molar-refractivity contribution in [1.82, 2.24) is 0 Å². The molecule has 0 spiro atoms. The normalized spacial score (nSPS) is 10.9. The van der Waals surface area contributed by atoms with Gasteiger partial charge < -0.3 is 8.83 Å². The Labute approximate surface area is 130 Å². The van der Waals surface area contributed by atoms with E-state index in [1.165, 1.54) is 0 Å². The van der Waals surface area contributed by atoms with E-state index in [-0.39, 0.29) is 11.6 Å². The molecule has 2 aromatic heterocycles. The molecule has 2 aromatic rings. The smallest absolute Gasteiger partial charge is 0.166 e. The number of ketones is 2. The second-order valence-corrected chi connectivity index (χ2v) is 5.71. The first-order valence-electron chi connectivity index (χ1n) is 7.59. The van der Waals surface area contributed by atoms with Gasteiger partial charge in [0.1, 0.15) is 23.0 Å². The molecule has 0 atom stereocenters. The first kappa shape index (κ1) is 16.3. The fourth-order valence-corrected chi connectivity index (χ4v) is 2.66. The molecule has 0 aliphatic heterocycles. The molecule has 0 saturated heterocycles. The van der Waals surface area contributed by atoms with Gasteiger partial charge in [-0.15, -0.1) is 0 Å². The summed E-state index contributed by atoms with van der Waals surface area (Å²) >= 11 is 0. The predicted molar refractivity (Wildman–Crippen MR) is 83.5 cm³/mol. The summed E-state index contributed by atoms with van der Waals surface area (Å²) in [6, 6.07) is 3.56.